The van der Waals surface area contributed by atoms with E-state index in [4.69, 9.17) is 0 Å². The molecule has 1 aliphatic carbocycles. The molecule has 1 saturated carbocycles. The molecule has 2 fully saturated rings. The fourth-order valence-electron chi connectivity index (χ4n) is 3.81. The maximum Gasteiger partial charge on any atom is 0.178 e. The number of carbonyl (C=O) groups is 1. The maximum atomic E-state index is 12.4. The Kier molecular flexibility index (Phi) is 5.24. The first-order valence-electron chi connectivity index (χ1n) is 7.78. The largest absolute Gasteiger partial charge is 0.296 e. The monoisotopic (exact) mass is 433 g/mol. The van der Waals surface area contributed by atoms with Crippen LogP contribution < -0.4 is 0 Å². The topological polar surface area (TPSA) is 20.3 Å². The number of hydrogen-bond donors (Lipinski definition) is 0. The number of Topliss-reactive ketones (excluding diaryl/α,β-unsaturated/α-hetero) is 1. The van der Waals surface area contributed by atoms with Crippen molar-refractivity contribution in [1.82, 2.24) is 4.90 Å². The van der Waals surface area contributed by atoms with E-state index in [-0.39, 0.29) is 5.78 Å². The van der Waals surface area contributed by atoms with E-state index in [1.165, 1.54) is 44.9 Å². The molecular formula is C16H21Br2NOS. The average molecular weight is 435 g/mol. The van der Waals surface area contributed by atoms with Crippen LogP contribution in [-0.2, 0) is 0 Å². The average Bonchev–Trinajstić information content (AvgIpc) is 2.82. The first-order valence-corrected chi connectivity index (χ1v) is 10.2. The zero-order valence-electron chi connectivity index (χ0n) is 12.2. The summed E-state index contributed by atoms with van der Waals surface area (Å²) in [6.07, 6.45) is 9.65. The summed E-state index contributed by atoms with van der Waals surface area (Å²) in [5, 5.41) is 0. The fourth-order valence-corrected chi connectivity index (χ4v) is 6.66. The van der Waals surface area contributed by atoms with Gasteiger partial charge >= 0.3 is 0 Å². The molecule has 1 aromatic heterocycles. The minimum atomic E-state index is 0.239. The van der Waals surface area contributed by atoms with Gasteiger partial charge in [0.25, 0.3) is 0 Å². The van der Waals surface area contributed by atoms with Crippen LogP contribution in [0.3, 0.4) is 0 Å². The van der Waals surface area contributed by atoms with Crippen LogP contribution in [0.4, 0.5) is 0 Å². The van der Waals surface area contributed by atoms with Crippen molar-refractivity contribution in [1.29, 1.82) is 0 Å². The van der Waals surface area contributed by atoms with E-state index in [2.05, 4.69) is 36.8 Å². The minimum Gasteiger partial charge on any atom is -0.296 e. The predicted octanol–water partition coefficient (Wildman–Crippen LogP) is 5.50. The standard InChI is InChI=1S/C16H21Br2NOS/c17-14-10-12(15(18)21-14)13(20)11-19-8-6-16(7-9-19)4-2-1-3-5-16/h10H,1-9,11H2. The lowest BCUT2D eigenvalue weighted by Gasteiger charge is -2.44. The van der Waals surface area contributed by atoms with Crippen LogP contribution in [0.15, 0.2) is 13.6 Å². The highest BCUT2D eigenvalue weighted by molar-refractivity contribution is 9.12. The Labute approximate surface area is 147 Å². The molecule has 3 rings (SSSR count). The smallest absolute Gasteiger partial charge is 0.178 e. The van der Waals surface area contributed by atoms with Crippen LogP contribution in [0.1, 0.15) is 55.3 Å². The van der Waals surface area contributed by atoms with Gasteiger partial charge in [0, 0.05) is 5.56 Å². The van der Waals surface area contributed by atoms with Crippen molar-refractivity contribution in [3.8, 4) is 0 Å². The molecule has 0 radical (unpaired) electrons. The Hall–Kier alpha value is 0.290. The van der Waals surface area contributed by atoms with Crippen LogP contribution >= 0.6 is 43.2 Å². The molecule has 0 amide bonds. The summed E-state index contributed by atoms with van der Waals surface area (Å²) < 4.78 is 1.96. The third-order valence-electron chi connectivity index (χ3n) is 5.16. The van der Waals surface area contributed by atoms with Crippen molar-refractivity contribution < 1.29 is 4.79 Å². The molecule has 0 unspecified atom stereocenters. The van der Waals surface area contributed by atoms with Crippen LogP contribution in [0.5, 0.6) is 0 Å². The molecule has 2 heterocycles. The fraction of sp³-hybridized carbons (Fsp3) is 0.688. The van der Waals surface area contributed by atoms with Gasteiger partial charge in [-0.3, -0.25) is 9.69 Å². The molecule has 1 aliphatic heterocycles. The van der Waals surface area contributed by atoms with Gasteiger partial charge in [0.1, 0.15) is 0 Å². The summed E-state index contributed by atoms with van der Waals surface area (Å²) in [5.74, 6) is 0.239. The van der Waals surface area contributed by atoms with Crippen molar-refractivity contribution in [3.63, 3.8) is 0 Å². The first-order chi connectivity index (χ1) is 10.1. The Morgan fingerprint density at radius 3 is 2.38 bits per heavy atom. The van der Waals surface area contributed by atoms with Gasteiger partial charge in [-0.25, -0.2) is 0 Å². The quantitative estimate of drug-likeness (QED) is 0.585. The highest BCUT2D eigenvalue weighted by atomic mass is 79.9. The number of thiophene rings is 1. The van der Waals surface area contributed by atoms with E-state index in [0.717, 1.165) is 26.2 Å². The number of piperidine rings is 1. The van der Waals surface area contributed by atoms with Gasteiger partial charge in [0.15, 0.2) is 5.78 Å². The van der Waals surface area contributed by atoms with Crippen LogP contribution in [0.25, 0.3) is 0 Å². The van der Waals surface area contributed by atoms with Gasteiger partial charge in [0.2, 0.25) is 0 Å². The number of rotatable bonds is 3. The number of likely N-dealkylation sites (tertiary alicyclic amines) is 1. The lowest BCUT2D eigenvalue weighted by Crippen LogP contribution is -2.43. The van der Waals surface area contributed by atoms with Crippen molar-refractivity contribution in [2.45, 2.75) is 44.9 Å². The summed E-state index contributed by atoms with van der Waals surface area (Å²) >= 11 is 8.51. The number of halogens is 2. The molecule has 0 bridgehead atoms. The van der Waals surface area contributed by atoms with Crippen molar-refractivity contribution >= 4 is 49.0 Å². The van der Waals surface area contributed by atoms with Crippen molar-refractivity contribution in [2.75, 3.05) is 19.6 Å². The Morgan fingerprint density at radius 2 is 1.81 bits per heavy atom. The molecule has 21 heavy (non-hydrogen) atoms. The molecule has 0 N–H and O–H groups in total. The van der Waals surface area contributed by atoms with Crippen LogP contribution in [0, 0.1) is 5.41 Å². The second-order valence-electron chi connectivity index (χ2n) is 6.50. The molecule has 1 aromatic rings. The van der Waals surface area contributed by atoms with Gasteiger partial charge in [-0.1, -0.05) is 19.3 Å². The first kappa shape index (κ1) is 16.2. The highest BCUT2D eigenvalue weighted by Gasteiger charge is 2.35. The van der Waals surface area contributed by atoms with Crippen LogP contribution in [0.2, 0.25) is 0 Å². The molecule has 1 saturated heterocycles. The SMILES string of the molecule is O=C(CN1CCC2(CCCCC2)CC1)c1cc(Br)sc1Br. The molecule has 116 valence electrons. The highest BCUT2D eigenvalue weighted by Crippen LogP contribution is 2.44. The van der Waals surface area contributed by atoms with E-state index in [0.29, 0.717) is 12.0 Å². The Balaban J connectivity index is 1.55. The van der Waals surface area contributed by atoms with E-state index in [9.17, 15) is 4.79 Å². The third kappa shape index (κ3) is 3.80. The van der Waals surface area contributed by atoms with Gasteiger partial charge in [-0.05, 0) is 82.1 Å². The van der Waals surface area contributed by atoms with E-state index in [1.54, 1.807) is 11.3 Å². The molecule has 0 atom stereocenters. The minimum absolute atomic E-state index is 0.239. The van der Waals surface area contributed by atoms with E-state index in [1.807, 2.05) is 6.07 Å². The van der Waals surface area contributed by atoms with E-state index >= 15 is 0 Å². The van der Waals surface area contributed by atoms with Gasteiger partial charge in [-0.15, -0.1) is 11.3 Å². The number of hydrogen-bond acceptors (Lipinski definition) is 3. The summed E-state index contributed by atoms with van der Waals surface area (Å²) in [4.78, 5) is 14.8. The zero-order chi connectivity index (χ0) is 14.9. The molecular weight excluding hydrogens is 414 g/mol. The van der Waals surface area contributed by atoms with Gasteiger partial charge < -0.3 is 0 Å². The number of nitrogens with zero attached hydrogens (tertiary/aromatic N) is 1. The van der Waals surface area contributed by atoms with Crippen LogP contribution in [-0.4, -0.2) is 30.3 Å². The third-order valence-corrected chi connectivity index (χ3v) is 7.49. The molecule has 0 aromatic carbocycles. The lowest BCUT2D eigenvalue weighted by atomic mass is 9.68. The van der Waals surface area contributed by atoms with Crippen molar-refractivity contribution in [2.24, 2.45) is 5.41 Å². The molecule has 1 spiro atoms. The summed E-state index contributed by atoms with van der Waals surface area (Å²) in [6, 6.07) is 1.93. The maximum absolute atomic E-state index is 12.4. The summed E-state index contributed by atoms with van der Waals surface area (Å²) in [7, 11) is 0. The summed E-state index contributed by atoms with van der Waals surface area (Å²) in [6.45, 7) is 2.75. The zero-order valence-corrected chi connectivity index (χ0v) is 16.2. The molecule has 5 heteroatoms. The van der Waals surface area contributed by atoms with Gasteiger partial charge in [-0.2, -0.15) is 0 Å². The summed E-state index contributed by atoms with van der Waals surface area (Å²) in [5.41, 5.74) is 1.44. The van der Waals surface area contributed by atoms with Crippen molar-refractivity contribution in [3.05, 3.63) is 19.2 Å². The number of carbonyl (C=O) groups excluding carboxylic acids is 1. The predicted molar refractivity (Wildman–Crippen MR) is 95.2 cm³/mol. The molecule has 2 aliphatic rings. The van der Waals surface area contributed by atoms with E-state index < -0.39 is 0 Å². The Bertz CT molecular complexity index is 512. The molecule has 2 nitrogen and oxygen atoms in total. The normalized spacial score (nSPS) is 22.6. The second-order valence-corrected chi connectivity index (χ2v) is 10.2. The second kappa shape index (κ2) is 6.81. The van der Waals surface area contributed by atoms with Gasteiger partial charge in [0.05, 0.1) is 14.1 Å². The lowest BCUT2D eigenvalue weighted by molar-refractivity contribution is 0.0611. The Morgan fingerprint density at radius 1 is 1.14 bits per heavy atom. The number of ketones is 1.